The quantitative estimate of drug-likeness (QED) is 0.553. The van der Waals surface area contributed by atoms with E-state index >= 15 is 0 Å². The predicted octanol–water partition coefficient (Wildman–Crippen LogP) is 4.82. The number of thiazole rings is 1. The van der Waals surface area contributed by atoms with Crippen molar-refractivity contribution in [2.75, 3.05) is 13.1 Å². The van der Waals surface area contributed by atoms with Crippen LogP contribution in [0, 0.1) is 6.92 Å². The van der Waals surface area contributed by atoms with Crippen molar-refractivity contribution in [1.82, 2.24) is 15.2 Å². The Morgan fingerprint density at radius 1 is 1.07 bits per heavy atom. The number of rotatable bonds is 9. The lowest BCUT2D eigenvalue weighted by Crippen LogP contribution is -2.24. The van der Waals surface area contributed by atoms with Gasteiger partial charge in [0.25, 0.3) is 0 Å². The Hall–Kier alpha value is -2.50. The average molecular weight is 408 g/mol. The first-order valence-corrected chi connectivity index (χ1v) is 11.0. The van der Waals surface area contributed by atoms with E-state index in [9.17, 15) is 4.79 Å². The fourth-order valence-corrected chi connectivity index (χ4v) is 4.01. The molecule has 1 heterocycles. The summed E-state index contributed by atoms with van der Waals surface area (Å²) in [5, 5.41) is 5.93. The van der Waals surface area contributed by atoms with Gasteiger partial charge in [0.15, 0.2) is 0 Å². The molecule has 1 N–H and O–H groups in total. The number of carbonyl (C=O) groups excluding carboxylic acids is 1. The van der Waals surface area contributed by atoms with Crippen molar-refractivity contribution in [2.24, 2.45) is 0 Å². The Labute approximate surface area is 177 Å². The molecule has 0 spiro atoms. The summed E-state index contributed by atoms with van der Waals surface area (Å²) in [6.07, 6.45) is 0.308. The summed E-state index contributed by atoms with van der Waals surface area (Å²) in [7, 11) is 0. The molecule has 0 radical (unpaired) electrons. The lowest BCUT2D eigenvalue weighted by molar-refractivity contribution is -0.120. The molecule has 3 rings (SSSR count). The van der Waals surface area contributed by atoms with Gasteiger partial charge in [0.2, 0.25) is 5.91 Å². The van der Waals surface area contributed by atoms with Crippen LogP contribution in [0.4, 0.5) is 0 Å². The summed E-state index contributed by atoms with van der Waals surface area (Å²) >= 11 is 1.58. The lowest BCUT2D eigenvalue weighted by Gasteiger charge is -2.18. The molecule has 0 aliphatic carbocycles. The van der Waals surface area contributed by atoms with E-state index in [1.165, 1.54) is 11.1 Å². The zero-order valence-electron chi connectivity index (χ0n) is 17.4. The lowest BCUT2D eigenvalue weighted by atomic mass is 10.1. The monoisotopic (exact) mass is 407 g/mol. The molecule has 1 amide bonds. The molecule has 0 atom stereocenters. The maximum absolute atomic E-state index is 12.3. The molecule has 0 fully saturated rings. The first-order valence-electron chi connectivity index (χ1n) is 10.2. The van der Waals surface area contributed by atoms with E-state index in [1.807, 2.05) is 11.4 Å². The van der Waals surface area contributed by atoms with Crippen LogP contribution in [0.5, 0.6) is 0 Å². The van der Waals surface area contributed by atoms with E-state index in [1.54, 1.807) is 11.3 Å². The van der Waals surface area contributed by atoms with Gasteiger partial charge in [0.05, 0.1) is 12.1 Å². The molecule has 1 aromatic heterocycles. The molecule has 0 unspecified atom stereocenters. The highest BCUT2D eigenvalue weighted by Crippen LogP contribution is 2.24. The highest BCUT2D eigenvalue weighted by molar-refractivity contribution is 7.13. The molecular formula is C24H29N3OS. The Morgan fingerprint density at radius 2 is 1.79 bits per heavy atom. The van der Waals surface area contributed by atoms with Gasteiger partial charge in [-0.3, -0.25) is 9.69 Å². The molecular weight excluding hydrogens is 378 g/mol. The van der Waals surface area contributed by atoms with Crippen LogP contribution in [0.25, 0.3) is 10.6 Å². The number of hydrogen-bond acceptors (Lipinski definition) is 4. The largest absolute Gasteiger partial charge is 0.352 e. The molecule has 0 saturated carbocycles. The average Bonchev–Trinajstić information content (AvgIpc) is 3.20. The van der Waals surface area contributed by atoms with Crippen molar-refractivity contribution in [1.29, 1.82) is 0 Å². The van der Waals surface area contributed by atoms with Crippen LogP contribution in [0.3, 0.4) is 0 Å². The number of amides is 1. The fraction of sp³-hybridized carbons (Fsp3) is 0.333. The van der Waals surface area contributed by atoms with Crippen LogP contribution in [-0.2, 0) is 24.3 Å². The van der Waals surface area contributed by atoms with Crippen LogP contribution in [0.1, 0.15) is 36.2 Å². The van der Waals surface area contributed by atoms with Gasteiger partial charge < -0.3 is 5.32 Å². The van der Waals surface area contributed by atoms with Crippen molar-refractivity contribution in [3.05, 3.63) is 76.3 Å². The number of nitrogens with zero attached hydrogens (tertiary/aromatic N) is 2. The van der Waals surface area contributed by atoms with E-state index in [4.69, 9.17) is 0 Å². The van der Waals surface area contributed by atoms with E-state index in [-0.39, 0.29) is 5.91 Å². The maximum atomic E-state index is 12.3. The number of hydrogen-bond donors (Lipinski definition) is 1. The van der Waals surface area contributed by atoms with Crippen molar-refractivity contribution in [3.63, 3.8) is 0 Å². The van der Waals surface area contributed by atoms with Crippen LogP contribution in [-0.4, -0.2) is 28.9 Å². The Morgan fingerprint density at radius 3 is 2.48 bits per heavy atom. The molecule has 0 aliphatic heterocycles. The second kappa shape index (κ2) is 10.3. The standard InChI is InChI=1S/C24H29N3OS/c1-4-27(5-2)16-20-11-9-19(10-12-20)15-25-23(28)14-22-17-29-24(26-22)21-8-6-7-18(3)13-21/h6-13,17H,4-5,14-16H2,1-3H3,(H,25,28). The minimum atomic E-state index is -0.00156. The van der Waals surface area contributed by atoms with Gasteiger partial charge in [-0.2, -0.15) is 0 Å². The number of benzene rings is 2. The van der Waals surface area contributed by atoms with Crippen molar-refractivity contribution in [3.8, 4) is 10.6 Å². The van der Waals surface area contributed by atoms with Gasteiger partial charge >= 0.3 is 0 Å². The van der Waals surface area contributed by atoms with E-state index in [2.05, 4.69) is 78.4 Å². The maximum Gasteiger partial charge on any atom is 0.226 e. The van der Waals surface area contributed by atoms with Crippen LogP contribution >= 0.6 is 11.3 Å². The molecule has 4 nitrogen and oxygen atoms in total. The smallest absolute Gasteiger partial charge is 0.226 e. The van der Waals surface area contributed by atoms with Crippen LogP contribution in [0.15, 0.2) is 53.9 Å². The summed E-state index contributed by atoms with van der Waals surface area (Å²) < 4.78 is 0. The second-order valence-corrected chi connectivity index (χ2v) is 8.10. The highest BCUT2D eigenvalue weighted by atomic mass is 32.1. The molecule has 5 heteroatoms. The SMILES string of the molecule is CCN(CC)Cc1ccc(CNC(=O)Cc2csc(-c3cccc(C)c3)n2)cc1. The van der Waals surface area contributed by atoms with Gasteiger partial charge in [-0.1, -0.05) is 61.9 Å². The van der Waals surface area contributed by atoms with Gasteiger partial charge in [-0.25, -0.2) is 4.98 Å². The van der Waals surface area contributed by atoms with E-state index < -0.39 is 0 Å². The number of carbonyl (C=O) groups is 1. The van der Waals surface area contributed by atoms with E-state index in [0.717, 1.165) is 41.5 Å². The third-order valence-corrected chi connectivity index (χ3v) is 5.91. The highest BCUT2D eigenvalue weighted by Gasteiger charge is 2.09. The zero-order chi connectivity index (χ0) is 20.6. The number of aromatic nitrogens is 1. The van der Waals surface area contributed by atoms with Crippen LogP contribution < -0.4 is 5.32 Å². The molecule has 29 heavy (non-hydrogen) atoms. The molecule has 0 bridgehead atoms. The Bertz CT molecular complexity index is 929. The summed E-state index contributed by atoms with van der Waals surface area (Å²) in [6, 6.07) is 16.8. The van der Waals surface area contributed by atoms with Gasteiger partial charge in [0, 0.05) is 24.0 Å². The minimum absolute atomic E-state index is 0.00156. The van der Waals surface area contributed by atoms with Gasteiger partial charge in [-0.15, -0.1) is 11.3 Å². The first kappa shape index (κ1) is 21.2. The van der Waals surface area contributed by atoms with Crippen molar-refractivity contribution in [2.45, 2.75) is 40.3 Å². The summed E-state index contributed by atoms with van der Waals surface area (Å²) in [5.41, 5.74) is 5.54. The number of aryl methyl sites for hydroxylation is 1. The number of nitrogens with one attached hydrogen (secondary N) is 1. The first-order chi connectivity index (χ1) is 14.1. The van der Waals surface area contributed by atoms with Crippen molar-refractivity contribution >= 4 is 17.2 Å². The molecule has 0 saturated heterocycles. The predicted molar refractivity (Wildman–Crippen MR) is 121 cm³/mol. The third kappa shape index (κ3) is 6.24. The summed E-state index contributed by atoms with van der Waals surface area (Å²) in [4.78, 5) is 19.3. The van der Waals surface area contributed by atoms with Crippen LogP contribution in [0.2, 0.25) is 0 Å². The Balaban J connectivity index is 1.50. The summed E-state index contributed by atoms with van der Waals surface area (Å²) in [6.45, 7) is 10.0. The Kier molecular flexibility index (Phi) is 7.55. The normalized spacial score (nSPS) is 11.0. The summed E-state index contributed by atoms with van der Waals surface area (Å²) in [5.74, 6) is -0.00156. The zero-order valence-corrected chi connectivity index (χ0v) is 18.3. The van der Waals surface area contributed by atoms with Gasteiger partial charge in [0.1, 0.15) is 5.01 Å². The minimum Gasteiger partial charge on any atom is -0.352 e. The fourth-order valence-electron chi connectivity index (χ4n) is 3.19. The molecule has 3 aromatic rings. The molecule has 2 aromatic carbocycles. The third-order valence-electron chi connectivity index (χ3n) is 4.97. The molecule has 152 valence electrons. The molecule has 0 aliphatic rings. The van der Waals surface area contributed by atoms with Crippen molar-refractivity contribution < 1.29 is 4.79 Å². The topological polar surface area (TPSA) is 45.2 Å². The van der Waals surface area contributed by atoms with E-state index in [0.29, 0.717) is 13.0 Å². The second-order valence-electron chi connectivity index (χ2n) is 7.24. The van der Waals surface area contributed by atoms with Gasteiger partial charge in [-0.05, 0) is 37.2 Å².